The first-order valence-corrected chi connectivity index (χ1v) is 13.9. The van der Waals surface area contributed by atoms with Gasteiger partial charge < -0.3 is 16.1 Å². The molecule has 0 unspecified atom stereocenters. The van der Waals surface area contributed by atoms with E-state index in [9.17, 15) is 22.8 Å². The monoisotopic (exact) mass is 600 g/mol. The molecule has 4 N–H and O–H groups in total. The van der Waals surface area contributed by atoms with E-state index in [1.165, 1.54) is 12.3 Å². The van der Waals surface area contributed by atoms with Gasteiger partial charge in [-0.2, -0.15) is 22.8 Å². The number of hydrogen-bond acceptors (Lipinski definition) is 8. The van der Waals surface area contributed by atoms with E-state index in [0.717, 1.165) is 44.7 Å². The largest absolute Gasteiger partial charge is 0.395 e. The maximum atomic E-state index is 14.0. The first-order valence-electron chi connectivity index (χ1n) is 13.6. The number of halogens is 5. The Labute approximate surface area is 245 Å². The van der Waals surface area contributed by atoms with Gasteiger partial charge in [-0.15, -0.1) is 5.53 Å². The lowest BCUT2D eigenvalue weighted by molar-refractivity contribution is -0.206. The van der Waals surface area contributed by atoms with Gasteiger partial charge in [0.15, 0.2) is 0 Å². The maximum absolute atomic E-state index is 14.0. The zero-order chi connectivity index (χ0) is 30.0. The first kappa shape index (κ1) is 28.3. The predicted molar refractivity (Wildman–Crippen MR) is 151 cm³/mol. The summed E-state index contributed by atoms with van der Waals surface area (Å²) in [6, 6.07) is 7.79. The molecule has 3 aliphatic carbocycles. The van der Waals surface area contributed by atoms with Crippen molar-refractivity contribution in [2.75, 3.05) is 17.2 Å². The molecule has 3 heterocycles. The molecule has 3 saturated carbocycles. The van der Waals surface area contributed by atoms with Crippen molar-refractivity contribution in [2.24, 2.45) is 11.3 Å². The Morgan fingerprint density at radius 1 is 1.24 bits per heavy atom. The summed E-state index contributed by atoms with van der Waals surface area (Å²) in [6.07, 6.45) is 2.19. The molecule has 0 radical (unpaired) electrons. The molecule has 0 amide bonds. The minimum atomic E-state index is -4.46. The van der Waals surface area contributed by atoms with E-state index >= 15 is 0 Å². The van der Waals surface area contributed by atoms with E-state index in [4.69, 9.17) is 11.6 Å². The zero-order valence-corrected chi connectivity index (χ0v) is 23.9. The molecule has 8 nitrogen and oxygen atoms in total. The van der Waals surface area contributed by atoms with Crippen molar-refractivity contribution in [3.05, 3.63) is 70.2 Å². The summed E-state index contributed by atoms with van der Waals surface area (Å²) < 4.78 is 54.8. The van der Waals surface area contributed by atoms with Crippen molar-refractivity contribution >= 4 is 33.9 Å². The highest BCUT2D eigenvalue weighted by Crippen LogP contribution is 2.60. The third kappa shape index (κ3) is 4.74. The van der Waals surface area contributed by atoms with Crippen LogP contribution in [0.3, 0.4) is 0 Å². The second-order valence-electron chi connectivity index (χ2n) is 12.0. The average molecular weight is 601 g/mol. The smallest absolute Gasteiger partial charge is 0.382 e. The topological polar surface area (TPSA) is 101 Å². The molecular weight excluding hydrogens is 572 g/mol. The first-order chi connectivity index (χ1) is 19.8. The van der Waals surface area contributed by atoms with Gasteiger partial charge in [0, 0.05) is 41.3 Å². The van der Waals surface area contributed by atoms with Crippen molar-refractivity contribution in [1.29, 1.82) is 5.26 Å². The summed E-state index contributed by atoms with van der Waals surface area (Å²) in [4.78, 5) is 8.32. The van der Waals surface area contributed by atoms with Crippen LogP contribution in [0.15, 0.2) is 42.4 Å². The molecule has 4 aliphatic rings. The van der Waals surface area contributed by atoms with E-state index in [0.29, 0.717) is 27.8 Å². The lowest BCUT2D eigenvalue weighted by Gasteiger charge is -2.64. The molecule has 3 fully saturated rings. The number of anilines is 2. The zero-order valence-electron chi connectivity index (χ0n) is 23.1. The van der Waals surface area contributed by atoms with Crippen LogP contribution in [0.4, 0.5) is 28.9 Å². The Morgan fingerprint density at radius 3 is 2.60 bits per heavy atom. The number of fused-ring (bicyclic) bond motifs is 1. The number of benzene rings is 1. The molecule has 0 saturated heterocycles. The fraction of sp³-hybridized carbons (Fsp3) is 0.414. The SMILES string of the molecule is Cc1nc(F)ccc1[C@H](Nc1cc(Cl)c2ncc(C#N)c(NCC(C)(C)C(F)(F)F)c2c1)C1=CN(C23CC(C2)C3)NN1. The Morgan fingerprint density at radius 2 is 1.98 bits per heavy atom. The second kappa shape index (κ2) is 9.88. The minimum Gasteiger partial charge on any atom is -0.382 e. The quantitative estimate of drug-likeness (QED) is 0.172. The lowest BCUT2D eigenvalue weighted by Crippen LogP contribution is -2.69. The van der Waals surface area contributed by atoms with Gasteiger partial charge in [-0.05, 0) is 64.2 Å². The minimum absolute atomic E-state index is 0.0855. The van der Waals surface area contributed by atoms with Crippen molar-refractivity contribution in [2.45, 2.75) is 57.8 Å². The van der Waals surface area contributed by atoms with Gasteiger partial charge >= 0.3 is 6.18 Å². The molecule has 1 atom stereocenters. The maximum Gasteiger partial charge on any atom is 0.395 e. The molecule has 220 valence electrons. The van der Waals surface area contributed by atoms with Gasteiger partial charge in [0.25, 0.3) is 0 Å². The van der Waals surface area contributed by atoms with Crippen molar-refractivity contribution in [3.63, 3.8) is 0 Å². The molecule has 1 aromatic carbocycles. The van der Waals surface area contributed by atoms with Crippen molar-refractivity contribution in [1.82, 2.24) is 25.9 Å². The Hall–Kier alpha value is -3.82. The third-order valence-electron chi connectivity index (χ3n) is 8.65. The van der Waals surface area contributed by atoms with Crippen LogP contribution in [0.1, 0.15) is 56.0 Å². The number of aromatic nitrogens is 2. The fourth-order valence-electron chi connectivity index (χ4n) is 5.82. The number of nitrogens with one attached hydrogen (secondary N) is 4. The van der Waals surface area contributed by atoms with Crippen LogP contribution >= 0.6 is 11.6 Å². The van der Waals surface area contributed by atoms with Gasteiger partial charge in [0.05, 0.1) is 44.5 Å². The van der Waals surface area contributed by atoms with E-state index in [1.54, 1.807) is 25.1 Å². The normalized spacial score (nSPS) is 22.0. The van der Waals surface area contributed by atoms with Crippen LogP contribution in [0.25, 0.3) is 10.9 Å². The summed E-state index contributed by atoms with van der Waals surface area (Å²) in [5.74, 6) is 0.177. The van der Waals surface area contributed by atoms with E-state index < -0.39 is 30.1 Å². The van der Waals surface area contributed by atoms with E-state index in [-0.39, 0.29) is 21.8 Å². The highest BCUT2D eigenvalue weighted by Gasteiger charge is 2.60. The van der Waals surface area contributed by atoms with Gasteiger partial charge in [0.1, 0.15) is 6.07 Å². The average Bonchev–Trinajstić information content (AvgIpc) is 3.33. The van der Waals surface area contributed by atoms with Gasteiger partial charge in [-0.25, -0.2) is 4.98 Å². The Kier molecular flexibility index (Phi) is 6.66. The molecule has 0 spiro atoms. The molecule has 7 rings (SSSR count). The predicted octanol–water partition coefficient (Wildman–Crippen LogP) is 6.47. The third-order valence-corrected chi connectivity index (χ3v) is 8.94. The highest BCUT2D eigenvalue weighted by atomic mass is 35.5. The van der Waals surface area contributed by atoms with Crippen LogP contribution < -0.4 is 21.6 Å². The summed E-state index contributed by atoms with van der Waals surface area (Å²) >= 11 is 6.64. The molecular formula is C29H29ClF4N8. The molecule has 1 aliphatic heterocycles. The number of hydrazine groups is 2. The number of pyridine rings is 2. The summed E-state index contributed by atoms with van der Waals surface area (Å²) in [7, 11) is 0. The van der Waals surface area contributed by atoms with Gasteiger partial charge in [-0.1, -0.05) is 17.7 Å². The van der Waals surface area contributed by atoms with Gasteiger partial charge in [-0.3, -0.25) is 9.99 Å². The van der Waals surface area contributed by atoms with Gasteiger partial charge in [0.2, 0.25) is 5.95 Å². The number of alkyl halides is 3. The fourth-order valence-corrected chi connectivity index (χ4v) is 6.09. The molecule has 42 heavy (non-hydrogen) atoms. The summed E-state index contributed by atoms with van der Waals surface area (Å²) in [5, 5.41) is 18.8. The number of nitriles is 1. The highest BCUT2D eigenvalue weighted by molar-refractivity contribution is 6.35. The molecule has 2 aromatic heterocycles. The molecule has 2 bridgehead atoms. The molecule has 13 heteroatoms. The second-order valence-corrected chi connectivity index (χ2v) is 12.4. The van der Waals surface area contributed by atoms with Crippen LogP contribution in [0, 0.1) is 35.5 Å². The number of hydrogen-bond donors (Lipinski definition) is 4. The Balaban J connectivity index is 1.39. The van der Waals surface area contributed by atoms with Crippen LogP contribution in [0.2, 0.25) is 5.02 Å². The summed E-state index contributed by atoms with van der Waals surface area (Å²) in [6.45, 7) is 3.43. The van der Waals surface area contributed by atoms with E-state index in [2.05, 4.69) is 36.6 Å². The number of rotatable bonds is 8. The van der Waals surface area contributed by atoms with Crippen molar-refractivity contribution < 1.29 is 17.6 Å². The Bertz CT molecular complexity index is 1630. The van der Waals surface area contributed by atoms with Crippen LogP contribution in [-0.4, -0.2) is 33.2 Å². The van der Waals surface area contributed by atoms with E-state index in [1.807, 2.05) is 12.3 Å². The van der Waals surface area contributed by atoms with Crippen molar-refractivity contribution in [3.8, 4) is 6.07 Å². The van der Waals surface area contributed by atoms with Crippen LogP contribution in [-0.2, 0) is 0 Å². The lowest BCUT2D eigenvalue weighted by atomic mass is 9.49. The standard InChI is InChI=1S/C29H29ClF4N8/c1-15-19(4-5-23(31)38-15)26(22-13-42(41-40-22)28-8-16(9-28)10-28)39-18-6-20-24(37-14-27(2,3)29(32,33)34)17(11-35)12-36-25(20)21(30)7-18/h4-7,12-13,16,26,39-41H,8-10,14H2,1-3H3,(H,36,37)/t16?,26-,28?/m0/s1. The molecule has 3 aromatic rings. The number of aryl methyl sites for hydroxylation is 1. The number of nitrogens with zero attached hydrogens (tertiary/aromatic N) is 4. The summed E-state index contributed by atoms with van der Waals surface area (Å²) in [5.41, 5.74) is 7.62. The van der Waals surface area contributed by atoms with Crippen LogP contribution in [0.5, 0.6) is 0 Å².